The smallest absolute Gasteiger partial charge is 0.250 e. The maximum absolute atomic E-state index is 12.0. The molecule has 2 N–H and O–H groups in total. The van der Waals surface area contributed by atoms with Gasteiger partial charge in [0.25, 0.3) is 5.56 Å². The summed E-state index contributed by atoms with van der Waals surface area (Å²) in [5.41, 5.74) is 0.484. The number of hydrogen-bond acceptors (Lipinski definition) is 5. The van der Waals surface area contributed by atoms with Crippen LogP contribution < -0.4 is 16.2 Å². The lowest BCUT2D eigenvalue weighted by Gasteiger charge is -2.12. The molecule has 2 unspecified atom stereocenters. The van der Waals surface area contributed by atoms with Gasteiger partial charge in [0.2, 0.25) is 5.91 Å². The van der Waals surface area contributed by atoms with E-state index in [2.05, 4.69) is 16.7 Å². The van der Waals surface area contributed by atoms with Gasteiger partial charge in [-0.05, 0) is 13.0 Å². The Morgan fingerprint density at radius 2 is 2.47 bits per heavy atom. The molecule has 1 aliphatic rings. The zero-order valence-electron chi connectivity index (χ0n) is 10.4. The number of thioether (sulfide) groups is 1. The lowest BCUT2D eigenvalue weighted by molar-refractivity contribution is -0.117. The molecule has 0 aromatic carbocycles. The quantitative estimate of drug-likeness (QED) is 0.833. The Hall–Kier alpha value is -1.78. The fraction of sp³-hybridized carbons (Fsp3) is 0.417. The molecule has 100 valence electrons. The molecule has 1 aromatic heterocycles. The van der Waals surface area contributed by atoms with Crippen LogP contribution in [0.2, 0.25) is 0 Å². The van der Waals surface area contributed by atoms with Crippen LogP contribution in [0.1, 0.15) is 6.92 Å². The number of hydrogen-bond donors (Lipinski definition) is 2. The highest BCUT2D eigenvalue weighted by atomic mass is 32.2. The standard InChI is InChI=1S/C12H14N4O2S/c1-2-16-6-8(3-4-11(16)17)14-12(18)9-7-19-10(5-13)15-9/h3-4,6,9-10,15H,2,7H2,1H3,(H,14,18). The normalized spacial score (nSPS) is 21.9. The summed E-state index contributed by atoms with van der Waals surface area (Å²) < 4.78 is 1.52. The van der Waals surface area contributed by atoms with Crippen molar-refractivity contribution in [2.45, 2.75) is 24.9 Å². The monoisotopic (exact) mass is 278 g/mol. The largest absolute Gasteiger partial charge is 0.323 e. The SMILES string of the molecule is CCn1cc(NC(=O)C2CSC(C#N)N2)ccc1=O. The molecule has 1 amide bonds. The minimum Gasteiger partial charge on any atom is -0.323 e. The van der Waals surface area contributed by atoms with E-state index in [4.69, 9.17) is 5.26 Å². The average Bonchev–Trinajstić information content (AvgIpc) is 2.90. The Morgan fingerprint density at radius 3 is 3.11 bits per heavy atom. The number of aromatic nitrogens is 1. The molecule has 7 heteroatoms. The van der Waals surface area contributed by atoms with E-state index in [0.29, 0.717) is 18.0 Å². The summed E-state index contributed by atoms with van der Waals surface area (Å²) in [6.07, 6.45) is 1.62. The first-order valence-electron chi connectivity index (χ1n) is 5.92. The number of pyridine rings is 1. The molecule has 0 aliphatic carbocycles. The van der Waals surface area contributed by atoms with E-state index in [1.54, 1.807) is 12.3 Å². The molecule has 0 spiro atoms. The van der Waals surface area contributed by atoms with Crippen molar-refractivity contribution in [3.05, 3.63) is 28.7 Å². The molecule has 2 atom stereocenters. The summed E-state index contributed by atoms with van der Waals surface area (Å²) >= 11 is 1.41. The number of carbonyl (C=O) groups excluding carboxylic acids is 1. The van der Waals surface area contributed by atoms with Crippen molar-refractivity contribution in [2.24, 2.45) is 0 Å². The average molecular weight is 278 g/mol. The van der Waals surface area contributed by atoms with Crippen molar-refractivity contribution >= 4 is 23.4 Å². The summed E-state index contributed by atoms with van der Waals surface area (Å²) in [5.74, 6) is 0.379. The van der Waals surface area contributed by atoms with Crippen LogP contribution in [0.15, 0.2) is 23.1 Å². The van der Waals surface area contributed by atoms with Crippen molar-refractivity contribution in [3.8, 4) is 6.07 Å². The van der Waals surface area contributed by atoms with E-state index < -0.39 is 0 Å². The number of nitrogens with one attached hydrogen (secondary N) is 2. The second kappa shape index (κ2) is 5.91. The summed E-state index contributed by atoms with van der Waals surface area (Å²) in [4.78, 5) is 23.4. The van der Waals surface area contributed by atoms with Crippen LogP contribution in [0.3, 0.4) is 0 Å². The van der Waals surface area contributed by atoms with Crippen molar-refractivity contribution < 1.29 is 4.79 Å². The predicted molar refractivity (Wildman–Crippen MR) is 73.8 cm³/mol. The molecule has 1 fully saturated rings. The summed E-state index contributed by atoms with van der Waals surface area (Å²) in [6, 6.07) is 4.69. The minimum absolute atomic E-state index is 0.0976. The molecule has 0 radical (unpaired) electrons. The van der Waals surface area contributed by atoms with E-state index in [9.17, 15) is 9.59 Å². The number of nitrogens with zero attached hydrogens (tertiary/aromatic N) is 2. The van der Waals surface area contributed by atoms with E-state index in [0.717, 1.165) is 0 Å². The molecule has 1 aliphatic heterocycles. The number of anilines is 1. The Labute approximate surface area is 114 Å². The van der Waals surface area contributed by atoms with Crippen molar-refractivity contribution in [1.29, 1.82) is 5.26 Å². The minimum atomic E-state index is -0.378. The van der Waals surface area contributed by atoms with E-state index in [1.165, 1.54) is 22.4 Å². The first-order valence-corrected chi connectivity index (χ1v) is 6.97. The van der Waals surface area contributed by atoms with E-state index >= 15 is 0 Å². The topological polar surface area (TPSA) is 86.9 Å². The second-order valence-electron chi connectivity index (χ2n) is 4.09. The van der Waals surface area contributed by atoms with Crippen LogP contribution in [0.4, 0.5) is 5.69 Å². The zero-order valence-corrected chi connectivity index (χ0v) is 11.2. The Morgan fingerprint density at radius 1 is 1.68 bits per heavy atom. The number of amides is 1. The van der Waals surface area contributed by atoms with Gasteiger partial charge in [0.1, 0.15) is 5.37 Å². The lowest BCUT2D eigenvalue weighted by Crippen LogP contribution is -2.40. The van der Waals surface area contributed by atoms with Gasteiger partial charge >= 0.3 is 0 Å². The van der Waals surface area contributed by atoms with Crippen LogP contribution in [0.5, 0.6) is 0 Å². The number of rotatable bonds is 3. The molecule has 6 nitrogen and oxygen atoms in total. The molecule has 19 heavy (non-hydrogen) atoms. The van der Waals surface area contributed by atoms with Gasteiger partial charge in [0, 0.05) is 24.6 Å². The summed E-state index contributed by atoms with van der Waals surface area (Å²) in [5, 5.41) is 14.1. The van der Waals surface area contributed by atoms with E-state index in [1.807, 2.05) is 6.92 Å². The highest BCUT2D eigenvalue weighted by molar-refractivity contribution is 8.00. The first-order chi connectivity index (χ1) is 9.13. The summed E-state index contributed by atoms with van der Waals surface area (Å²) in [6.45, 7) is 2.41. The highest BCUT2D eigenvalue weighted by Crippen LogP contribution is 2.18. The van der Waals surface area contributed by atoms with Gasteiger partial charge in [-0.25, -0.2) is 0 Å². The third kappa shape index (κ3) is 3.16. The van der Waals surface area contributed by atoms with Crippen LogP contribution in [0, 0.1) is 11.3 Å². The maximum Gasteiger partial charge on any atom is 0.250 e. The molecule has 0 saturated carbocycles. The molecular weight excluding hydrogens is 264 g/mol. The van der Waals surface area contributed by atoms with Gasteiger partial charge in [0.15, 0.2) is 0 Å². The predicted octanol–water partition coefficient (Wildman–Crippen LogP) is 0.361. The molecular formula is C12H14N4O2S. The van der Waals surface area contributed by atoms with Crippen molar-refractivity contribution in [1.82, 2.24) is 9.88 Å². The zero-order chi connectivity index (χ0) is 13.8. The highest BCUT2D eigenvalue weighted by Gasteiger charge is 2.29. The maximum atomic E-state index is 12.0. The number of aryl methyl sites for hydroxylation is 1. The Bertz CT molecular complexity index is 578. The molecule has 1 saturated heterocycles. The van der Waals surface area contributed by atoms with Crippen LogP contribution in [-0.2, 0) is 11.3 Å². The van der Waals surface area contributed by atoms with E-state index in [-0.39, 0.29) is 22.9 Å². The number of carbonyl (C=O) groups is 1. The number of nitriles is 1. The van der Waals surface area contributed by atoms with Gasteiger partial charge in [-0.1, -0.05) is 0 Å². The summed E-state index contributed by atoms with van der Waals surface area (Å²) in [7, 11) is 0. The molecule has 2 rings (SSSR count). The Balaban J connectivity index is 2.04. The van der Waals surface area contributed by atoms with Crippen molar-refractivity contribution in [2.75, 3.05) is 11.1 Å². The van der Waals surface area contributed by atoms with Crippen LogP contribution in [0.25, 0.3) is 0 Å². The van der Waals surface area contributed by atoms with Gasteiger partial charge in [-0.15, -0.1) is 11.8 Å². The third-order valence-electron chi connectivity index (χ3n) is 2.81. The van der Waals surface area contributed by atoms with Gasteiger partial charge in [-0.2, -0.15) is 5.26 Å². The van der Waals surface area contributed by atoms with Crippen LogP contribution in [-0.4, -0.2) is 27.6 Å². The van der Waals surface area contributed by atoms with Gasteiger partial charge in [0.05, 0.1) is 17.8 Å². The Kier molecular flexibility index (Phi) is 4.24. The molecule has 0 bridgehead atoms. The lowest BCUT2D eigenvalue weighted by atomic mass is 10.3. The van der Waals surface area contributed by atoms with Gasteiger partial charge in [-0.3, -0.25) is 14.9 Å². The molecule has 2 heterocycles. The fourth-order valence-corrected chi connectivity index (χ4v) is 2.75. The van der Waals surface area contributed by atoms with Crippen molar-refractivity contribution in [3.63, 3.8) is 0 Å². The fourth-order valence-electron chi connectivity index (χ4n) is 1.78. The first kappa shape index (κ1) is 13.6. The van der Waals surface area contributed by atoms with Crippen LogP contribution >= 0.6 is 11.8 Å². The third-order valence-corrected chi connectivity index (χ3v) is 3.91. The van der Waals surface area contributed by atoms with Gasteiger partial charge < -0.3 is 9.88 Å². The second-order valence-corrected chi connectivity index (χ2v) is 5.23. The molecule has 1 aromatic rings.